The first kappa shape index (κ1) is 34.2. The normalized spacial score (nSPS) is 19.2. The molecule has 2 unspecified atom stereocenters. The first-order valence-electron chi connectivity index (χ1n) is 11.0. The van der Waals surface area contributed by atoms with Gasteiger partial charge in [0.2, 0.25) is 0 Å². The molecule has 0 heterocycles. The maximum Gasteiger partial charge on any atom is 4.00 e. The average molecular weight is 511 g/mol. The van der Waals surface area contributed by atoms with Crippen molar-refractivity contribution in [2.24, 2.45) is 0 Å². The third kappa shape index (κ3) is 5.67. The van der Waals surface area contributed by atoms with Crippen LogP contribution in [0.5, 0.6) is 0 Å². The molecule has 0 radical (unpaired) electrons. The van der Waals surface area contributed by atoms with Crippen LogP contribution < -0.4 is 15.6 Å². The smallest absolute Gasteiger partial charge is 0.358 e. The van der Waals surface area contributed by atoms with Gasteiger partial charge in [-0.3, -0.25) is 6.08 Å². The Labute approximate surface area is 223 Å². The van der Waals surface area contributed by atoms with E-state index in [2.05, 4.69) is 116 Å². The van der Waals surface area contributed by atoms with Crippen LogP contribution in [-0.2, 0) is 21.7 Å². The molecule has 2 atom stereocenters. The summed E-state index contributed by atoms with van der Waals surface area (Å²) in [5.41, 5.74) is 5.70. The number of hydrogen-bond acceptors (Lipinski definition) is 0. The van der Waals surface area contributed by atoms with E-state index in [1.807, 2.05) is 0 Å². The molecule has 0 aliphatic heterocycles. The molecule has 0 spiro atoms. The Bertz CT molecular complexity index is 982. The molecule has 0 saturated heterocycles. The van der Waals surface area contributed by atoms with Gasteiger partial charge in [0.05, 0.1) is 8.07 Å². The van der Waals surface area contributed by atoms with Crippen molar-refractivity contribution < 1.29 is 21.7 Å². The van der Waals surface area contributed by atoms with Gasteiger partial charge in [-0.15, -0.1) is 6.92 Å². The van der Waals surface area contributed by atoms with Gasteiger partial charge in [0, 0.05) is 0 Å². The summed E-state index contributed by atoms with van der Waals surface area (Å²) in [5.74, 6) is 0. The standard InChI is InChI=1S/C27H37Si2.3CH3.Ti/c1-10-29(24-14-12-11-13-15-24,27(6)19-21(3)22(4)23(27)5)26-17-20(2)16-25(18-26)28(7,8)9;;;;/h11-18H,10H2,1-9H3;3*1H3;/q4*-1;+4. The van der Waals surface area contributed by atoms with Crippen LogP contribution in [0, 0.1) is 35.3 Å². The van der Waals surface area contributed by atoms with Crippen molar-refractivity contribution >= 4 is 31.7 Å². The Hall–Kier alpha value is -0.932. The van der Waals surface area contributed by atoms with Gasteiger partial charge < -0.3 is 22.3 Å². The fourth-order valence-electron chi connectivity index (χ4n) is 5.34. The van der Waals surface area contributed by atoms with Gasteiger partial charge >= 0.3 is 21.7 Å². The first-order valence-corrected chi connectivity index (χ1v) is 16.7. The molecular formula is C30H46Si2Ti. The summed E-state index contributed by atoms with van der Waals surface area (Å²) in [6.07, 6.45) is 4.01. The summed E-state index contributed by atoms with van der Waals surface area (Å²) in [6.45, 7) is 21.4. The van der Waals surface area contributed by atoms with Crippen LogP contribution in [0.4, 0.5) is 0 Å². The predicted molar refractivity (Wildman–Crippen MR) is 155 cm³/mol. The molecule has 0 aromatic heterocycles. The molecule has 0 saturated carbocycles. The Morgan fingerprint density at radius 3 is 1.73 bits per heavy atom. The summed E-state index contributed by atoms with van der Waals surface area (Å²) in [7, 11) is -3.58. The summed E-state index contributed by atoms with van der Waals surface area (Å²) in [5, 5.41) is 4.67. The van der Waals surface area contributed by atoms with Crippen LogP contribution in [0.1, 0.15) is 40.2 Å². The van der Waals surface area contributed by atoms with E-state index in [0.29, 0.717) is 0 Å². The van der Waals surface area contributed by atoms with Gasteiger partial charge in [-0.05, 0) is 6.92 Å². The first-order chi connectivity index (χ1) is 13.5. The van der Waals surface area contributed by atoms with Crippen molar-refractivity contribution in [3.05, 3.63) is 99.2 Å². The zero-order valence-electron chi connectivity index (χ0n) is 23.3. The van der Waals surface area contributed by atoms with E-state index in [9.17, 15) is 0 Å². The molecule has 1 aliphatic carbocycles. The topological polar surface area (TPSA) is 0 Å². The second-order valence-electron chi connectivity index (χ2n) is 10.1. The minimum absolute atomic E-state index is 0. The third-order valence-corrected chi connectivity index (χ3v) is 15.3. The maximum atomic E-state index is 4.01. The van der Waals surface area contributed by atoms with Crippen LogP contribution in [0.2, 0.25) is 30.7 Å². The van der Waals surface area contributed by atoms with Crippen molar-refractivity contribution in [3.8, 4) is 0 Å². The van der Waals surface area contributed by atoms with E-state index < -0.39 is 16.1 Å². The van der Waals surface area contributed by atoms with Gasteiger partial charge in [-0.25, -0.2) is 5.57 Å². The zero-order chi connectivity index (χ0) is 21.6. The van der Waals surface area contributed by atoms with Crippen LogP contribution in [0.25, 0.3) is 0 Å². The van der Waals surface area contributed by atoms with Crippen LogP contribution >= 0.6 is 0 Å². The maximum absolute atomic E-state index is 4.01. The van der Waals surface area contributed by atoms with Gasteiger partial charge in [-0.2, -0.15) is 11.1 Å². The molecule has 3 heteroatoms. The molecule has 2 aromatic carbocycles. The SMILES string of the molecule is CC[Si](c1ccccc1)(c1cc(C)cc([Si](C)(C)C)c1)C1(C)[C-]=C(C)C(C)=C1C.[CH3-].[CH3-].[CH3-].[Ti+4]. The number of hydrogen-bond donors (Lipinski definition) is 0. The summed E-state index contributed by atoms with van der Waals surface area (Å²) < 4.78 is 0. The Balaban J connectivity index is 0. The molecule has 3 rings (SSSR count). The van der Waals surface area contributed by atoms with E-state index in [4.69, 9.17) is 0 Å². The van der Waals surface area contributed by atoms with Gasteiger partial charge in [-0.1, -0.05) is 128 Å². The van der Waals surface area contributed by atoms with Crippen LogP contribution in [0.15, 0.2) is 65.3 Å². The summed E-state index contributed by atoms with van der Waals surface area (Å²) >= 11 is 0. The van der Waals surface area contributed by atoms with E-state index in [-0.39, 0.29) is 49.0 Å². The summed E-state index contributed by atoms with van der Waals surface area (Å²) in [6, 6.07) is 20.1. The zero-order valence-corrected chi connectivity index (χ0v) is 26.9. The molecule has 0 bridgehead atoms. The Kier molecular flexibility index (Phi) is 12.6. The quantitative estimate of drug-likeness (QED) is 0.292. The molecule has 1 aliphatic rings. The van der Waals surface area contributed by atoms with Crippen LogP contribution in [0.3, 0.4) is 0 Å². The number of aryl methyl sites for hydroxylation is 1. The fourth-order valence-corrected chi connectivity index (χ4v) is 12.6. The predicted octanol–water partition coefficient (Wildman–Crippen LogP) is 7.33. The van der Waals surface area contributed by atoms with Crippen molar-refractivity contribution in [2.75, 3.05) is 0 Å². The fraction of sp³-hybridized carbons (Fsp3) is 0.367. The van der Waals surface area contributed by atoms with Gasteiger partial charge in [0.1, 0.15) is 8.07 Å². The second kappa shape index (κ2) is 12.2. The Morgan fingerprint density at radius 1 is 0.788 bits per heavy atom. The average Bonchev–Trinajstić information content (AvgIpc) is 2.86. The van der Waals surface area contributed by atoms with E-state index in [0.717, 1.165) is 0 Å². The molecule has 2 aromatic rings. The van der Waals surface area contributed by atoms with E-state index >= 15 is 0 Å². The Morgan fingerprint density at radius 2 is 1.30 bits per heavy atom. The van der Waals surface area contributed by atoms with Crippen molar-refractivity contribution in [1.82, 2.24) is 0 Å². The summed E-state index contributed by atoms with van der Waals surface area (Å²) in [4.78, 5) is 0. The van der Waals surface area contributed by atoms with Crippen LogP contribution in [-0.4, -0.2) is 16.1 Å². The largest absolute Gasteiger partial charge is 4.00 e. The molecular weight excluding hydrogens is 464 g/mol. The number of allylic oxidation sites excluding steroid dienone is 4. The minimum Gasteiger partial charge on any atom is -0.358 e. The van der Waals surface area contributed by atoms with Gasteiger partial charge in [0.25, 0.3) is 0 Å². The molecule has 33 heavy (non-hydrogen) atoms. The number of rotatable bonds is 5. The number of benzene rings is 2. The van der Waals surface area contributed by atoms with E-state index in [1.54, 1.807) is 10.4 Å². The van der Waals surface area contributed by atoms with Crippen molar-refractivity contribution in [2.45, 2.75) is 72.3 Å². The second-order valence-corrected chi connectivity index (χ2v) is 19.8. The molecule has 178 valence electrons. The third-order valence-electron chi connectivity index (χ3n) is 7.40. The molecule has 0 amide bonds. The van der Waals surface area contributed by atoms with Gasteiger partial charge in [0.15, 0.2) is 0 Å². The minimum atomic E-state index is -2.17. The molecule has 0 N–H and O–H groups in total. The molecule has 0 fully saturated rings. The molecule has 0 nitrogen and oxygen atoms in total. The van der Waals surface area contributed by atoms with Crippen molar-refractivity contribution in [3.63, 3.8) is 0 Å². The van der Waals surface area contributed by atoms with E-state index in [1.165, 1.54) is 33.5 Å². The van der Waals surface area contributed by atoms with Crippen molar-refractivity contribution in [1.29, 1.82) is 0 Å². The monoisotopic (exact) mass is 510 g/mol.